The molecule has 0 aromatic heterocycles. The number of benzene rings is 1. The van der Waals surface area contributed by atoms with Crippen LogP contribution in [0.4, 0.5) is 0 Å². The Kier molecular flexibility index (Phi) is 2.24. The summed E-state index contributed by atoms with van der Waals surface area (Å²) in [5.74, 6) is 0.915. The monoisotopic (exact) mass is 195 g/mol. The van der Waals surface area contributed by atoms with Crippen molar-refractivity contribution in [2.24, 2.45) is 0 Å². The van der Waals surface area contributed by atoms with E-state index in [4.69, 9.17) is 9.47 Å². The molecule has 0 fully saturated rings. The molecule has 0 aliphatic carbocycles. The lowest BCUT2D eigenvalue weighted by Crippen LogP contribution is -2.21. The summed E-state index contributed by atoms with van der Waals surface area (Å²) >= 11 is 0. The third-order valence-electron chi connectivity index (χ3n) is 1.83. The number of hydrogen-bond acceptors (Lipinski definition) is 4. The fourth-order valence-electron chi connectivity index (χ4n) is 1.19. The quantitative estimate of drug-likeness (QED) is 0.706. The highest BCUT2D eigenvalue weighted by Gasteiger charge is 2.15. The van der Waals surface area contributed by atoms with E-state index in [-0.39, 0.29) is 12.7 Å². The topological polar surface area (TPSA) is 56.8 Å². The molecule has 74 valence electrons. The Morgan fingerprint density at radius 3 is 3.00 bits per heavy atom. The summed E-state index contributed by atoms with van der Waals surface area (Å²) in [6, 6.07) is 4.94. The van der Waals surface area contributed by atoms with Crippen molar-refractivity contribution in [2.75, 3.05) is 13.9 Å². The summed E-state index contributed by atoms with van der Waals surface area (Å²) in [5.41, 5.74) is 2.69. The minimum absolute atomic E-state index is 0.199. The average molecular weight is 195 g/mol. The molecule has 14 heavy (non-hydrogen) atoms. The molecule has 0 saturated heterocycles. The molecule has 0 bridgehead atoms. The number of hydrogen-bond donors (Lipinski definition) is 1. The molecule has 1 aromatic carbocycles. The number of fused-ring (bicyclic) bond motifs is 1. The number of carbonyl (C=O) groups is 1. The highest BCUT2D eigenvalue weighted by atomic mass is 16.7. The summed E-state index contributed by atoms with van der Waals surface area (Å²) in [5, 5.41) is 0. The van der Waals surface area contributed by atoms with Crippen LogP contribution in [0, 0.1) is 0 Å². The lowest BCUT2D eigenvalue weighted by molar-refractivity contribution is 0.0537. The van der Waals surface area contributed by atoms with Crippen LogP contribution in [0.5, 0.6) is 11.5 Å². The first-order chi connectivity index (χ1) is 6.81. The molecule has 0 saturated carbocycles. The number of hydroxylamine groups is 1. The van der Waals surface area contributed by atoms with Crippen LogP contribution in [-0.2, 0) is 4.84 Å². The van der Waals surface area contributed by atoms with E-state index in [1.807, 2.05) is 0 Å². The van der Waals surface area contributed by atoms with Gasteiger partial charge in [0.15, 0.2) is 11.5 Å². The lowest BCUT2D eigenvalue weighted by atomic mass is 10.2. The summed E-state index contributed by atoms with van der Waals surface area (Å²) in [7, 11) is 1.38. The second kappa shape index (κ2) is 3.55. The van der Waals surface area contributed by atoms with Crippen LogP contribution in [0.15, 0.2) is 18.2 Å². The predicted octanol–water partition coefficient (Wildman–Crippen LogP) is 0.707. The van der Waals surface area contributed by atoms with Gasteiger partial charge in [-0.05, 0) is 18.2 Å². The molecule has 1 N–H and O–H groups in total. The van der Waals surface area contributed by atoms with Crippen LogP contribution < -0.4 is 15.0 Å². The van der Waals surface area contributed by atoms with Gasteiger partial charge in [0.1, 0.15) is 0 Å². The summed E-state index contributed by atoms with van der Waals surface area (Å²) < 4.78 is 10.2. The van der Waals surface area contributed by atoms with Gasteiger partial charge in [-0.2, -0.15) is 0 Å². The van der Waals surface area contributed by atoms with Crippen LogP contribution in [-0.4, -0.2) is 19.8 Å². The minimum Gasteiger partial charge on any atom is -0.454 e. The molecule has 1 aliphatic heterocycles. The Balaban J connectivity index is 2.24. The molecule has 5 heteroatoms. The summed E-state index contributed by atoms with van der Waals surface area (Å²) in [4.78, 5) is 15.8. The Hall–Kier alpha value is -1.75. The van der Waals surface area contributed by atoms with Gasteiger partial charge in [-0.3, -0.25) is 9.63 Å². The smallest absolute Gasteiger partial charge is 0.274 e. The highest BCUT2D eigenvalue weighted by molar-refractivity contribution is 5.94. The van der Waals surface area contributed by atoms with Gasteiger partial charge < -0.3 is 9.47 Å². The first kappa shape index (κ1) is 8.83. The van der Waals surface area contributed by atoms with Gasteiger partial charge in [0.2, 0.25) is 6.79 Å². The first-order valence-corrected chi connectivity index (χ1v) is 4.04. The maximum Gasteiger partial charge on any atom is 0.274 e. The highest BCUT2D eigenvalue weighted by Crippen LogP contribution is 2.32. The SMILES string of the molecule is CONC(=O)c1ccc2c(c1)OCO2. The molecule has 0 radical (unpaired) electrons. The first-order valence-electron chi connectivity index (χ1n) is 4.04. The lowest BCUT2D eigenvalue weighted by Gasteiger charge is -2.02. The molecule has 1 amide bonds. The van der Waals surface area contributed by atoms with E-state index in [0.717, 1.165) is 0 Å². The molecule has 5 nitrogen and oxygen atoms in total. The number of rotatable bonds is 2. The largest absolute Gasteiger partial charge is 0.454 e. The standard InChI is InChI=1S/C9H9NO4/c1-12-10-9(11)6-2-3-7-8(4-6)14-5-13-7/h2-4H,5H2,1H3,(H,10,11). The zero-order chi connectivity index (χ0) is 9.97. The van der Waals surface area contributed by atoms with Crippen LogP contribution in [0.1, 0.15) is 10.4 Å². The zero-order valence-corrected chi connectivity index (χ0v) is 7.57. The van der Waals surface area contributed by atoms with E-state index < -0.39 is 0 Å². The minimum atomic E-state index is -0.314. The molecule has 1 heterocycles. The third kappa shape index (κ3) is 1.49. The molecule has 1 aliphatic rings. The maximum absolute atomic E-state index is 11.3. The maximum atomic E-state index is 11.3. The second-order valence-electron chi connectivity index (χ2n) is 2.70. The zero-order valence-electron chi connectivity index (χ0n) is 7.57. The van der Waals surface area contributed by atoms with Crippen molar-refractivity contribution < 1.29 is 19.1 Å². The van der Waals surface area contributed by atoms with Crippen LogP contribution in [0.2, 0.25) is 0 Å². The molecule has 0 unspecified atom stereocenters. The van der Waals surface area contributed by atoms with Crippen molar-refractivity contribution in [3.8, 4) is 11.5 Å². The van der Waals surface area contributed by atoms with E-state index in [1.54, 1.807) is 18.2 Å². The average Bonchev–Trinajstić information content (AvgIpc) is 2.64. The molecule has 0 atom stereocenters. The Morgan fingerprint density at radius 2 is 2.21 bits per heavy atom. The van der Waals surface area contributed by atoms with E-state index in [9.17, 15) is 4.79 Å². The molecular formula is C9H9NO4. The van der Waals surface area contributed by atoms with Gasteiger partial charge in [0.05, 0.1) is 7.11 Å². The Morgan fingerprint density at radius 1 is 1.43 bits per heavy atom. The summed E-state index contributed by atoms with van der Waals surface area (Å²) in [6.07, 6.45) is 0. The molecule has 1 aromatic rings. The van der Waals surface area contributed by atoms with E-state index >= 15 is 0 Å². The van der Waals surface area contributed by atoms with Crippen molar-refractivity contribution in [2.45, 2.75) is 0 Å². The van der Waals surface area contributed by atoms with E-state index in [2.05, 4.69) is 10.3 Å². The third-order valence-corrected chi connectivity index (χ3v) is 1.83. The van der Waals surface area contributed by atoms with Gasteiger partial charge in [0.25, 0.3) is 5.91 Å². The number of nitrogens with one attached hydrogen (secondary N) is 1. The number of ether oxygens (including phenoxy) is 2. The van der Waals surface area contributed by atoms with Gasteiger partial charge >= 0.3 is 0 Å². The fraction of sp³-hybridized carbons (Fsp3) is 0.222. The number of amides is 1. The van der Waals surface area contributed by atoms with E-state index in [1.165, 1.54) is 7.11 Å². The van der Waals surface area contributed by atoms with Gasteiger partial charge in [-0.15, -0.1) is 0 Å². The Bertz CT molecular complexity index is 364. The fourth-order valence-corrected chi connectivity index (χ4v) is 1.19. The number of carbonyl (C=O) groups excluding carboxylic acids is 1. The van der Waals surface area contributed by atoms with Crippen LogP contribution in [0.25, 0.3) is 0 Å². The van der Waals surface area contributed by atoms with Crippen molar-refractivity contribution in [3.05, 3.63) is 23.8 Å². The molecule has 0 spiro atoms. The van der Waals surface area contributed by atoms with Crippen LogP contribution >= 0.6 is 0 Å². The second-order valence-corrected chi connectivity index (χ2v) is 2.70. The summed E-state index contributed by atoms with van der Waals surface area (Å²) in [6.45, 7) is 0.199. The van der Waals surface area contributed by atoms with Crippen LogP contribution in [0.3, 0.4) is 0 Å². The predicted molar refractivity (Wildman–Crippen MR) is 47.0 cm³/mol. The van der Waals surface area contributed by atoms with Gasteiger partial charge in [-0.1, -0.05) is 0 Å². The van der Waals surface area contributed by atoms with Crippen molar-refractivity contribution in [1.82, 2.24) is 5.48 Å². The van der Waals surface area contributed by atoms with E-state index in [0.29, 0.717) is 17.1 Å². The van der Waals surface area contributed by atoms with Crippen molar-refractivity contribution >= 4 is 5.91 Å². The normalized spacial score (nSPS) is 12.6. The van der Waals surface area contributed by atoms with Crippen molar-refractivity contribution in [3.63, 3.8) is 0 Å². The van der Waals surface area contributed by atoms with Gasteiger partial charge in [0, 0.05) is 5.56 Å². The molecule has 2 rings (SSSR count). The Labute approximate surface area is 80.5 Å². The van der Waals surface area contributed by atoms with Crippen molar-refractivity contribution in [1.29, 1.82) is 0 Å². The molecular weight excluding hydrogens is 186 g/mol. The van der Waals surface area contributed by atoms with Gasteiger partial charge in [-0.25, -0.2) is 5.48 Å².